The van der Waals surface area contributed by atoms with Crippen molar-refractivity contribution in [2.75, 3.05) is 31.6 Å². The van der Waals surface area contributed by atoms with Gasteiger partial charge in [0.2, 0.25) is 5.91 Å². The second-order valence-corrected chi connectivity index (χ2v) is 7.68. The minimum absolute atomic E-state index is 0.102. The van der Waals surface area contributed by atoms with Gasteiger partial charge in [0.25, 0.3) is 11.5 Å². The number of nitrogens with zero attached hydrogens (tertiary/aromatic N) is 4. The first-order valence-electron chi connectivity index (χ1n) is 10.5. The second-order valence-electron chi connectivity index (χ2n) is 7.68. The topological polar surface area (TPSA) is 132 Å². The summed E-state index contributed by atoms with van der Waals surface area (Å²) >= 11 is 0. The van der Waals surface area contributed by atoms with Gasteiger partial charge in [0.05, 0.1) is 30.9 Å². The van der Waals surface area contributed by atoms with Crippen molar-refractivity contribution >= 4 is 23.3 Å². The fourth-order valence-electron chi connectivity index (χ4n) is 3.56. The molecule has 1 saturated heterocycles. The molecule has 1 aliphatic rings. The molecule has 0 bridgehead atoms. The van der Waals surface area contributed by atoms with E-state index in [2.05, 4.69) is 15.4 Å². The number of ether oxygens (including phenoxy) is 1. The number of rotatable bonds is 6. The van der Waals surface area contributed by atoms with Crippen LogP contribution in [0.2, 0.25) is 0 Å². The van der Waals surface area contributed by atoms with Crippen LogP contribution in [0.15, 0.2) is 53.5 Å². The van der Waals surface area contributed by atoms with Crippen LogP contribution in [-0.2, 0) is 23.0 Å². The molecule has 0 spiro atoms. The van der Waals surface area contributed by atoms with Gasteiger partial charge in [-0.25, -0.2) is 9.67 Å². The van der Waals surface area contributed by atoms with Crippen LogP contribution in [0.5, 0.6) is 0 Å². The number of aromatic nitrogens is 3. The Bertz CT molecular complexity index is 1230. The molecule has 33 heavy (non-hydrogen) atoms. The van der Waals surface area contributed by atoms with E-state index in [0.717, 1.165) is 11.1 Å². The maximum absolute atomic E-state index is 12.6. The van der Waals surface area contributed by atoms with E-state index in [9.17, 15) is 14.4 Å². The van der Waals surface area contributed by atoms with Gasteiger partial charge in [0, 0.05) is 31.9 Å². The highest BCUT2D eigenvalue weighted by molar-refractivity contribution is 5.94. The Hall–Kier alpha value is -4.05. The lowest BCUT2D eigenvalue weighted by Crippen LogP contribution is -2.40. The van der Waals surface area contributed by atoms with E-state index < -0.39 is 5.91 Å². The predicted molar refractivity (Wildman–Crippen MR) is 122 cm³/mol. The molecule has 1 fully saturated rings. The van der Waals surface area contributed by atoms with Crippen molar-refractivity contribution in [3.8, 4) is 11.3 Å². The summed E-state index contributed by atoms with van der Waals surface area (Å²) in [5.74, 6) is -0.106. The summed E-state index contributed by atoms with van der Waals surface area (Å²) in [7, 11) is 1.56. The molecule has 3 heterocycles. The number of carbonyl (C=O) groups is 2. The number of carbonyl (C=O) groups excluding carboxylic acids is 2. The van der Waals surface area contributed by atoms with Gasteiger partial charge in [-0.05, 0) is 29.8 Å². The monoisotopic (exact) mass is 448 g/mol. The number of nitrogens with two attached hydrogens (primary N) is 1. The van der Waals surface area contributed by atoms with Crippen LogP contribution in [0.25, 0.3) is 11.3 Å². The summed E-state index contributed by atoms with van der Waals surface area (Å²) in [5.41, 5.74) is 7.76. The number of pyridine rings is 1. The van der Waals surface area contributed by atoms with Gasteiger partial charge in [-0.3, -0.25) is 14.4 Å². The van der Waals surface area contributed by atoms with E-state index in [1.54, 1.807) is 42.3 Å². The quantitative estimate of drug-likeness (QED) is 0.577. The number of hydrogen-bond acceptors (Lipinski definition) is 7. The lowest BCUT2D eigenvalue weighted by Gasteiger charge is -2.26. The smallest absolute Gasteiger partial charge is 0.290 e. The van der Waals surface area contributed by atoms with Crippen molar-refractivity contribution in [3.63, 3.8) is 0 Å². The Balaban J connectivity index is 1.56. The zero-order chi connectivity index (χ0) is 23.4. The summed E-state index contributed by atoms with van der Waals surface area (Å²) < 4.78 is 6.51. The normalized spacial score (nSPS) is 13.5. The Kier molecular flexibility index (Phi) is 6.45. The first-order chi connectivity index (χ1) is 15.9. The average molecular weight is 448 g/mol. The van der Waals surface area contributed by atoms with E-state index in [1.165, 1.54) is 10.9 Å². The fourth-order valence-corrected chi connectivity index (χ4v) is 3.56. The van der Waals surface area contributed by atoms with E-state index in [0.29, 0.717) is 43.4 Å². The van der Waals surface area contributed by atoms with Gasteiger partial charge in [-0.2, -0.15) is 5.10 Å². The number of hydrogen-bond donors (Lipinski definition) is 2. The number of amides is 2. The van der Waals surface area contributed by atoms with Crippen molar-refractivity contribution in [2.45, 2.75) is 6.42 Å². The van der Waals surface area contributed by atoms with Crippen LogP contribution in [-0.4, -0.2) is 57.8 Å². The molecular formula is C23H24N6O4. The van der Waals surface area contributed by atoms with E-state index >= 15 is 0 Å². The molecule has 2 aromatic heterocycles. The summed E-state index contributed by atoms with van der Waals surface area (Å²) in [6, 6.07) is 12.2. The maximum atomic E-state index is 12.6. The van der Waals surface area contributed by atoms with Crippen molar-refractivity contribution < 1.29 is 14.3 Å². The average Bonchev–Trinajstić information content (AvgIpc) is 2.82. The van der Waals surface area contributed by atoms with Gasteiger partial charge in [-0.15, -0.1) is 0 Å². The van der Waals surface area contributed by atoms with Gasteiger partial charge >= 0.3 is 0 Å². The molecule has 0 saturated carbocycles. The number of primary amides is 1. The molecule has 170 valence electrons. The van der Waals surface area contributed by atoms with Crippen molar-refractivity contribution in [3.05, 3.63) is 70.1 Å². The second kappa shape index (κ2) is 9.61. The Labute approximate surface area is 190 Å². The third kappa shape index (κ3) is 5.24. The molecule has 0 aliphatic carbocycles. The zero-order valence-corrected chi connectivity index (χ0v) is 18.2. The molecule has 2 amide bonds. The molecule has 0 radical (unpaired) electrons. The molecule has 3 aromatic rings. The minimum atomic E-state index is -0.426. The Morgan fingerprint density at radius 3 is 2.64 bits per heavy atom. The first-order valence-corrected chi connectivity index (χ1v) is 10.5. The van der Waals surface area contributed by atoms with Crippen LogP contribution < -0.4 is 16.6 Å². The summed E-state index contributed by atoms with van der Waals surface area (Å²) in [6.45, 7) is 2.15. The summed E-state index contributed by atoms with van der Waals surface area (Å²) in [5, 5.41) is 7.33. The van der Waals surface area contributed by atoms with E-state index in [-0.39, 0.29) is 23.6 Å². The number of anilines is 2. The van der Waals surface area contributed by atoms with Crippen LogP contribution >= 0.6 is 0 Å². The highest BCUT2D eigenvalue weighted by Gasteiger charge is 2.19. The van der Waals surface area contributed by atoms with Crippen molar-refractivity contribution in [1.82, 2.24) is 19.7 Å². The lowest BCUT2D eigenvalue weighted by atomic mass is 10.1. The number of benzene rings is 1. The third-order valence-electron chi connectivity index (χ3n) is 5.24. The van der Waals surface area contributed by atoms with Gasteiger partial charge in [-0.1, -0.05) is 18.2 Å². The predicted octanol–water partition coefficient (Wildman–Crippen LogP) is 1.09. The van der Waals surface area contributed by atoms with Crippen molar-refractivity contribution in [1.29, 1.82) is 0 Å². The van der Waals surface area contributed by atoms with Crippen LogP contribution in [0, 0.1) is 0 Å². The van der Waals surface area contributed by atoms with E-state index in [4.69, 9.17) is 10.5 Å². The molecule has 1 aliphatic heterocycles. The molecule has 10 heteroatoms. The van der Waals surface area contributed by atoms with Crippen molar-refractivity contribution in [2.24, 2.45) is 12.8 Å². The number of morpholine rings is 1. The Morgan fingerprint density at radius 2 is 1.94 bits per heavy atom. The zero-order valence-electron chi connectivity index (χ0n) is 18.2. The largest absolute Gasteiger partial charge is 0.378 e. The van der Waals surface area contributed by atoms with Crippen LogP contribution in [0.1, 0.15) is 15.9 Å². The molecule has 4 rings (SSSR count). The summed E-state index contributed by atoms with van der Waals surface area (Å²) in [4.78, 5) is 42.5. The van der Waals surface area contributed by atoms with Gasteiger partial charge in [0.15, 0.2) is 0 Å². The minimum Gasteiger partial charge on any atom is -0.378 e. The van der Waals surface area contributed by atoms with Crippen LogP contribution in [0.3, 0.4) is 0 Å². The molecule has 0 atom stereocenters. The number of nitrogens with one attached hydrogen (secondary N) is 1. The van der Waals surface area contributed by atoms with E-state index in [1.807, 2.05) is 12.1 Å². The molecule has 1 aromatic carbocycles. The lowest BCUT2D eigenvalue weighted by molar-refractivity contribution is -0.117. The first kappa shape index (κ1) is 22.2. The maximum Gasteiger partial charge on any atom is 0.290 e. The highest BCUT2D eigenvalue weighted by atomic mass is 16.5. The number of aryl methyl sites for hydroxylation is 1. The highest BCUT2D eigenvalue weighted by Crippen LogP contribution is 2.21. The SMILES string of the molecule is Cn1nc(-c2cccc(CC(N)=O)c2)cc(Nc2ccc(C(=O)N3CCOCC3)cn2)c1=O. The van der Waals surface area contributed by atoms with Crippen LogP contribution in [0.4, 0.5) is 11.5 Å². The molecule has 3 N–H and O–H groups in total. The molecule has 10 nitrogen and oxygen atoms in total. The molecule has 0 unspecified atom stereocenters. The fraction of sp³-hybridized carbons (Fsp3) is 0.261. The van der Waals surface area contributed by atoms with Gasteiger partial charge < -0.3 is 20.7 Å². The Morgan fingerprint density at radius 1 is 1.15 bits per heavy atom. The third-order valence-corrected chi connectivity index (χ3v) is 5.24. The van der Waals surface area contributed by atoms with Gasteiger partial charge in [0.1, 0.15) is 11.5 Å². The standard InChI is InChI=1S/C23H24N6O4/c1-28-23(32)19(13-18(27-28)16-4-2-3-15(11-16)12-20(24)30)26-21-6-5-17(14-25-21)22(31)29-7-9-33-10-8-29/h2-6,11,13-14H,7-10,12H2,1H3,(H2,24,30)(H,25,26). The summed E-state index contributed by atoms with van der Waals surface area (Å²) in [6.07, 6.45) is 1.60. The molecular weight excluding hydrogens is 424 g/mol.